The van der Waals surface area contributed by atoms with Crippen molar-refractivity contribution in [3.8, 4) is 0 Å². The van der Waals surface area contributed by atoms with E-state index in [2.05, 4.69) is 18.7 Å². The van der Waals surface area contributed by atoms with E-state index >= 15 is 0 Å². The number of ether oxygens (including phenoxy) is 2. The third-order valence-corrected chi connectivity index (χ3v) is 4.93. The molecule has 0 unspecified atom stereocenters. The summed E-state index contributed by atoms with van der Waals surface area (Å²) in [6.45, 7) is 9.11. The lowest BCUT2D eigenvalue weighted by atomic mass is 9.68. The van der Waals surface area contributed by atoms with Crippen LogP contribution >= 0.6 is 0 Å². The number of methoxy groups -OCH3 is 2. The average molecular weight is 286 g/mol. The van der Waals surface area contributed by atoms with Crippen LogP contribution in [0.4, 0.5) is 0 Å². The third kappa shape index (κ3) is 4.99. The molecule has 0 atom stereocenters. The highest BCUT2D eigenvalue weighted by atomic mass is 16.5. The van der Waals surface area contributed by atoms with Crippen LogP contribution in [0.15, 0.2) is 0 Å². The van der Waals surface area contributed by atoms with Crippen molar-refractivity contribution in [1.29, 1.82) is 0 Å². The summed E-state index contributed by atoms with van der Waals surface area (Å²) >= 11 is 0. The first-order valence-corrected chi connectivity index (χ1v) is 7.93. The van der Waals surface area contributed by atoms with E-state index in [-0.39, 0.29) is 5.54 Å². The largest absolute Gasteiger partial charge is 0.385 e. The van der Waals surface area contributed by atoms with E-state index in [4.69, 9.17) is 15.2 Å². The first-order valence-electron chi connectivity index (χ1n) is 7.93. The smallest absolute Gasteiger partial charge is 0.0589 e. The standard InChI is InChI=1S/C16H34N2O2/c1-15(2)6-8-16(14-17,9-7-15)18(11-13-20-4)10-5-12-19-3/h5-14,17H2,1-4H3. The third-order valence-electron chi connectivity index (χ3n) is 4.93. The van der Waals surface area contributed by atoms with Crippen LogP contribution in [-0.2, 0) is 9.47 Å². The predicted octanol–water partition coefficient (Wildman–Crippen LogP) is 2.27. The predicted molar refractivity (Wildman–Crippen MR) is 84.0 cm³/mol. The summed E-state index contributed by atoms with van der Waals surface area (Å²) < 4.78 is 10.5. The van der Waals surface area contributed by atoms with Crippen molar-refractivity contribution in [2.24, 2.45) is 11.1 Å². The molecular weight excluding hydrogens is 252 g/mol. The Morgan fingerprint density at radius 3 is 2.05 bits per heavy atom. The maximum Gasteiger partial charge on any atom is 0.0589 e. The maximum atomic E-state index is 6.19. The number of hydrogen-bond donors (Lipinski definition) is 1. The molecule has 4 heteroatoms. The first kappa shape index (κ1) is 17.9. The SMILES string of the molecule is COCCCN(CCOC)C1(CN)CCC(C)(C)CC1. The number of rotatable bonds is 9. The van der Waals surface area contributed by atoms with Gasteiger partial charge in [-0.3, -0.25) is 4.90 Å². The van der Waals surface area contributed by atoms with Gasteiger partial charge in [-0.2, -0.15) is 0 Å². The fourth-order valence-corrected chi connectivity index (χ4v) is 3.23. The summed E-state index contributed by atoms with van der Waals surface area (Å²) in [5.74, 6) is 0. The van der Waals surface area contributed by atoms with Gasteiger partial charge < -0.3 is 15.2 Å². The Labute approximate surface area is 125 Å². The number of hydrogen-bond acceptors (Lipinski definition) is 4. The molecule has 0 radical (unpaired) electrons. The van der Waals surface area contributed by atoms with Crippen molar-refractivity contribution in [3.63, 3.8) is 0 Å². The van der Waals surface area contributed by atoms with Gasteiger partial charge in [0.15, 0.2) is 0 Å². The summed E-state index contributed by atoms with van der Waals surface area (Å²) in [5.41, 5.74) is 6.83. The Morgan fingerprint density at radius 1 is 0.950 bits per heavy atom. The Morgan fingerprint density at radius 2 is 1.55 bits per heavy atom. The van der Waals surface area contributed by atoms with Crippen molar-refractivity contribution in [2.75, 3.05) is 47.1 Å². The van der Waals surface area contributed by atoms with E-state index in [1.807, 2.05) is 0 Å². The second-order valence-corrected chi connectivity index (χ2v) is 6.92. The molecule has 0 aromatic heterocycles. The molecule has 0 aromatic carbocycles. The molecule has 120 valence electrons. The zero-order valence-corrected chi connectivity index (χ0v) is 13.9. The lowest BCUT2D eigenvalue weighted by Gasteiger charge is -2.50. The van der Waals surface area contributed by atoms with Crippen LogP contribution in [0, 0.1) is 5.41 Å². The molecule has 0 heterocycles. The molecule has 0 aliphatic heterocycles. The highest BCUT2D eigenvalue weighted by molar-refractivity contribution is 4.98. The van der Waals surface area contributed by atoms with E-state index in [0.29, 0.717) is 5.41 Å². The summed E-state index contributed by atoms with van der Waals surface area (Å²) in [5, 5.41) is 0. The van der Waals surface area contributed by atoms with Crippen LogP contribution in [0.2, 0.25) is 0 Å². The van der Waals surface area contributed by atoms with E-state index in [1.165, 1.54) is 25.7 Å². The summed E-state index contributed by atoms with van der Waals surface area (Å²) in [6, 6.07) is 0. The van der Waals surface area contributed by atoms with Gasteiger partial charge in [-0.05, 0) is 37.5 Å². The molecule has 2 N–H and O–H groups in total. The quantitative estimate of drug-likeness (QED) is 0.661. The number of nitrogens with two attached hydrogens (primary N) is 1. The second-order valence-electron chi connectivity index (χ2n) is 6.92. The Bertz CT molecular complexity index is 259. The fourth-order valence-electron chi connectivity index (χ4n) is 3.23. The number of nitrogens with zero attached hydrogens (tertiary/aromatic N) is 1. The van der Waals surface area contributed by atoms with Crippen LogP contribution in [0.1, 0.15) is 46.0 Å². The van der Waals surface area contributed by atoms with Gasteiger partial charge in [-0.15, -0.1) is 0 Å². The summed E-state index contributed by atoms with van der Waals surface area (Å²) in [4.78, 5) is 2.56. The van der Waals surface area contributed by atoms with E-state index in [9.17, 15) is 0 Å². The molecule has 1 rings (SSSR count). The maximum absolute atomic E-state index is 6.19. The zero-order valence-electron chi connectivity index (χ0n) is 13.9. The van der Waals surface area contributed by atoms with Gasteiger partial charge in [0.05, 0.1) is 6.61 Å². The lowest BCUT2D eigenvalue weighted by molar-refractivity contribution is 0.00308. The zero-order chi connectivity index (χ0) is 15.1. The highest BCUT2D eigenvalue weighted by Crippen LogP contribution is 2.42. The molecule has 0 bridgehead atoms. The van der Waals surface area contributed by atoms with Gasteiger partial charge in [-0.1, -0.05) is 13.8 Å². The van der Waals surface area contributed by atoms with Crippen molar-refractivity contribution < 1.29 is 9.47 Å². The van der Waals surface area contributed by atoms with Crippen molar-refractivity contribution in [3.05, 3.63) is 0 Å². The van der Waals surface area contributed by atoms with Gasteiger partial charge in [0.25, 0.3) is 0 Å². The lowest BCUT2D eigenvalue weighted by Crippen LogP contribution is -2.57. The molecular formula is C16H34N2O2. The van der Waals surface area contributed by atoms with E-state index in [0.717, 1.165) is 39.3 Å². The van der Waals surface area contributed by atoms with Crippen LogP contribution in [0.3, 0.4) is 0 Å². The first-order chi connectivity index (χ1) is 9.49. The minimum atomic E-state index is 0.168. The van der Waals surface area contributed by atoms with Crippen molar-refractivity contribution in [2.45, 2.75) is 51.5 Å². The molecule has 0 amide bonds. The Balaban J connectivity index is 2.68. The van der Waals surface area contributed by atoms with Crippen LogP contribution < -0.4 is 5.73 Å². The summed E-state index contributed by atoms with van der Waals surface area (Å²) in [7, 11) is 3.54. The fraction of sp³-hybridized carbons (Fsp3) is 1.00. The van der Waals surface area contributed by atoms with Gasteiger partial charge in [0, 0.05) is 46.0 Å². The minimum absolute atomic E-state index is 0.168. The molecule has 0 saturated heterocycles. The van der Waals surface area contributed by atoms with Gasteiger partial charge >= 0.3 is 0 Å². The molecule has 4 nitrogen and oxygen atoms in total. The molecule has 0 aromatic rings. The van der Waals surface area contributed by atoms with Crippen molar-refractivity contribution >= 4 is 0 Å². The van der Waals surface area contributed by atoms with Crippen molar-refractivity contribution in [1.82, 2.24) is 4.90 Å². The second kappa shape index (κ2) is 8.32. The normalized spacial score (nSPS) is 21.3. The summed E-state index contributed by atoms with van der Waals surface area (Å²) in [6.07, 6.45) is 5.99. The molecule has 0 spiro atoms. The minimum Gasteiger partial charge on any atom is -0.385 e. The van der Waals surface area contributed by atoms with Gasteiger partial charge in [-0.25, -0.2) is 0 Å². The molecule has 1 saturated carbocycles. The monoisotopic (exact) mass is 286 g/mol. The van der Waals surface area contributed by atoms with Crippen LogP contribution in [-0.4, -0.2) is 57.5 Å². The van der Waals surface area contributed by atoms with E-state index < -0.39 is 0 Å². The average Bonchev–Trinajstić information content (AvgIpc) is 2.44. The Kier molecular flexibility index (Phi) is 7.45. The molecule has 20 heavy (non-hydrogen) atoms. The molecule has 1 aliphatic rings. The van der Waals surface area contributed by atoms with Gasteiger partial charge in [0.2, 0.25) is 0 Å². The van der Waals surface area contributed by atoms with Crippen LogP contribution in [0.5, 0.6) is 0 Å². The molecule has 1 aliphatic carbocycles. The van der Waals surface area contributed by atoms with Crippen LogP contribution in [0.25, 0.3) is 0 Å². The van der Waals surface area contributed by atoms with Gasteiger partial charge in [0.1, 0.15) is 0 Å². The topological polar surface area (TPSA) is 47.7 Å². The highest BCUT2D eigenvalue weighted by Gasteiger charge is 2.41. The molecule has 1 fully saturated rings. The Hall–Kier alpha value is -0.160. The van der Waals surface area contributed by atoms with E-state index in [1.54, 1.807) is 14.2 Å².